The van der Waals surface area contributed by atoms with Gasteiger partial charge >= 0.3 is 0 Å². The van der Waals surface area contributed by atoms with E-state index in [1.807, 2.05) is 4.72 Å². The maximum Gasteiger partial charge on any atom is 0.291 e. The molecule has 160 valence electrons. The number of carbonyl (C=O) groups excluding carboxylic acids is 2. The highest BCUT2D eigenvalue weighted by Gasteiger charge is 2.16. The highest BCUT2D eigenvalue weighted by Crippen LogP contribution is 2.18. The Morgan fingerprint density at radius 2 is 1.61 bits per heavy atom. The van der Waals surface area contributed by atoms with E-state index < -0.39 is 27.4 Å². The van der Waals surface area contributed by atoms with Gasteiger partial charge in [0.05, 0.1) is 21.8 Å². The van der Waals surface area contributed by atoms with E-state index in [2.05, 4.69) is 10.4 Å². The van der Waals surface area contributed by atoms with Crippen LogP contribution >= 0.6 is 23.2 Å². The maximum absolute atomic E-state index is 12.4. The van der Waals surface area contributed by atoms with Gasteiger partial charge in [-0.2, -0.15) is 9.78 Å². The first-order chi connectivity index (χ1) is 14.6. The predicted octanol–water partition coefficient (Wildman–Crippen LogP) is 2.62. The smallest absolute Gasteiger partial charge is 0.291 e. The molecule has 9 nitrogen and oxygen atoms in total. The third-order valence-electron chi connectivity index (χ3n) is 3.95. The van der Waals surface area contributed by atoms with Gasteiger partial charge in [0.25, 0.3) is 21.5 Å². The van der Waals surface area contributed by atoms with Gasteiger partial charge < -0.3 is 5.32 Å². The lowest BCUT2D eigenvalue weighted by atomic mass is 10.2. The van der Waals surface area contributed by atoms with Crippen LogP contribution in [0.1, 0.15) is 17.3 Å². The first-order valence-electron chi connectivity index (χ1n) is 8.57. The summed E-state index contributed by atoms with van der Waals surface area (Å²) in [6.45, 7) is 1.09. The van der Waals surface area contributed by atoms with Crippen molar-refractivity contribution in [2.24, 2.45) is 0 Å². The molecule has 0 atom stereocenters. The van der Waals surface area contributed by atoms with Crippen molar-refractivity contribution in [3.63, 3.8) is 0 Å². The Morgan fingerprint density at radius 1 is 1.00 bits per heavy atom. The molecule has 0 aliphatic heterocycles. The Morgan fingerprint density at radius 3 is 2.19 bits per heavy atom. The van der Waals surface area contributed by atoms with Crippen LogP contribution in [0.2, 0.25) is 10.0 Å². The first-order valence-corrected chi connectivity index (χ1v) is 10.8. The minimum absolute atomic E-state index is 0.0369. The van der Waals surface area contributed by atoms with Crippen LogP contribution in [0.15, 0.2) is 64.4 Å². The number of nitrogens with one attached hydrogen (secondary N) is 2. The third kappa shape index (κ3) is 5.10. The zero-order valence-electron chi connectivity index (χ0n) is 15.8. The van der Waals surface area contributed by atoms with E-state index in [4.69, 9.17) is 23.2 Å². The summed E-state index contributed by atoms with van der Waals surface area (Å²) in [5, 5.41) is 6.40. The van der Waals surface area contributed by atoms with Gasteiger partial charge in [-0.1, -0.05) is 23.2 Å². The number of rotatable bonds is 5. The van der Waals surface area contributed by atoms with Crippen LogP contribution in [0, 0.1) is 0 Å². The molecule has 31 heavy (non-hydrogen) atoms. The topological polar surface area (TPSA) is 127 Å². The molecule has 2 aromatic carbocycles. The normalized spacial score (nSPS) is 11.1. The standard InChI is InChI=1S/C19H14Cl2N4O5S/c1-11(26)24-31(29,30)15-8-4-13(5-9-15)23-18(27)12-2-6-14(7-3-12)25-19(28)17(21)16(20)10-22-25/h2-10H,1H3,(H,23,27)(H,24,26). The van der Waals surface area contributed by atoms with E-state index in [0.29, 0.717) is 11.4 Å². The average molecular weight is 481 g/mol. The molecule has 0 fully saturated rings. The summed E-state index contributed by atoms with van der Waals surface area (Å²) in [5.74, 6) is -1.17. The molecule has 0 radical (unpaired) electrons. The second-order valence-corrected chi connectivity index (χ2v) is 8.68. The fourth-order valence-corrected chi connectivity index (χ4v) is 3.76. The molecule has 0 aliphatic rings. The number of nitrogens with zero attached hydrogens (tertiary/aromatic N) is 2. The number of benzene rings is 2. The quantitative estimate of drug-likeness (QED) is 0.577. The largest absolute Gasteiger partial charge is 0.322 e. The van der Waals surface area contributed by atoms with Crippen molar-refractivity contribution in [1.82, 2.24) is 14.5 Å². The Bertz CT molecular complexity index is 1320. The molecular weight excluding hydrogens is 467 g/mol. The van der Waals surface area contributed by atoms with Gasteiger partial charge in [-0.05, 0) is 48.5 Å². The Hall–Kier alpha value is -3.21. The summed E-state index contributed by atoms with van der Waals surface area (Å²) in [6.07, 6.45) is 1.24. The molecule has 3 aromatic rings. The molecular formula is C19H14Cl2N4O5S. The molecule has 2 amide bonds. The number of halogens is 2. The molecule has 2 N–H and O–H groups in total. The summed E-state index contributed by atoms with van der Waals surface area (Å²) in [4.78, 5) is 35.5. The van der Waals surface area contributed by atoms with E-state index >= 15 is 0 Å². The van der Waals surface area contributed by atoms with Crippen LogP contribution in [0.25, 0.3) is 5.69 Å². The molecule has 3 rings (SSSR count). The fraction of sp³-hybridized carbons (Fsp3) is 0.0526. The average Bonchev–Trinajstić information content (AvgIpc) is 2.72. The van der Waals surface area contributed by atoms with Crippen molar-refractivity contribution >= 4 is 50.7 Å². The zero-order valence-corrected chi connectivity index (χ0v) is 18.1. The predicted molar refractivity (Wildman–Crippen MR) is 115 cm³/mol. The molecule has 0 aliphatic carbocycles. The van der Waals surface area contributed by atoms with Crippen LogP contribution in [0.5, 0.6) is 0 Å². The fourth-order valence-electron chi connectivity index (χ4n) is 2.52. The second-order valence-electron chi connectivity index (χ2n) is 6.21. The van der Waals surface area contributed by atoms with Gasteiger partial charge in [-0.25, -0.2) is 13.1 Å². The lowest BCUT2D eigenvalue weighted by molar-refractivity contribution is -0.117. The number of anilines is 1. The SMILES string of the molecule is CC(=O)NS(=O)(=O)c1ccc(NC(=O)c2ccc(-n3ncc(Cl)c(Cl)c3=O)cc2)cc1. The van der Waals surface area contributed by atoms with E-state index in [-0.39, 0.29) is 20.5 Å². The van der Waals surface area contributed by atoms with Crippen molar-refractivity contribution in [3.05, 3.63) is 80.7 Å². The van der Waals surface area contributed by atoms with Crippen LogP contribution < -0.4 is 15.6 Å². The lowest BCUT2D eigenvalue weighted by Gasteiger charge is -2.09. The summed E-state index contributed by atoms with van der Waals surface area (Å²) in [5.41, 5.74) is 0.415. The van der Waals surface area contributed by atoms with Gasteiger partial charge in [-0.3, -0.25) is 14.4 Å². The minimum atomic E-state index is -3.96. The van der Waals surface area contributed by atoms with Crippen molar-refractivity contribution in [3.8, 4) is 5.69 Å². The van der Waals surface area contributed by atoms with E-state index in [9.17, 15) is 22.8 Å². The van der Waals surface area contributed by atoms with E-state index in [1.165, 1.54) is 54.7 Å². The minimum Gasteiger partial charge on any atom is -0.322 e. The second kappa shape index (κ2) is 8.88. The summed E-state index contributed by atoms with van der Waals surface area (Å²) in [7, 11) is -3.96. The van der Waals surface area contributed by atoms with E-state index in [0.717, 1.165) is 11.6 Å². The van der Waals surface area contributed by atoms with Gasteiger partial charge in [-0.15, -0.1) is 0 Å². The highest BCUT2D eigenvalue weighted by atomic mass is 35.5. The molecule has 1 aromatic heterocycles. The van der Waals surface area contributed by atoms with Gasteiger partial charge in [0.2, 0.25) is 5.91 Å². The molecule has 0 bridgehead atoms. The first kappa shape index (κ1) is 22.5. The van der Waals surface area contributed by atoms with Crippen molar-refractivity contribution in [2.45, 2.75) is 11.8 Å². The van der Waals surface area contributed by atoms with Crippen molar-refractivity contribution in [1.29, 1.82) is 0 Å². The van der Waals surface area contributed by atoms with Crippen LogP contribution in [-0.4, -0.2) is 30.0 Å². The molecule has 0 spiro atoms. The van der Waals surface area contributed by atoms with Gasteiger partial charge in [0, 0.05) is 18.2 Å². The molecule has 0 saturated heterocycles. The number of hydrogen-bond acceptors (Lipinski definition) is 6. The lowest BCUT2D eigenvalue weighted by Crippen LogP contribution is -2.28. The number of sulfonamides is 1. The molecule has 12 heteroatoms. The van der Waals surface area contributed by atoms with Gasteiger partial charge in [0.1, 0.15) is 5.02 Å². The Labute approximate surface area is 186 Å². The van der Waals surface area contributed by atoms with Crippen LogP contribution in [0.4, 0.5) is 5.69 Å². The highest BCUT2D eigenvalue weighted by molar-refractivity contribution is 7.90. The van der Waals surface area contributed by atoms with E-state index in [1.54, 1.807) is 0 Å². The number of amides is 2. The summed E-state index contributed by atoms with van der Waals surface area (Å²) >= 11 is 11.6. The molecule has 0 saturated carbocycles. The van der Waals surface area contributed by atoms with Crippen molar-refractivity contribution in [2.75, 3.05) is 5.32 Å². The van der Waals surface area contributed by atoms with Crippen LogP contribution in [0.3, 0.4) is 0 Å². The monoisotopic (exact) mass is 480 g/mol. The van der Waals surface area contributed by atoms with Gasteiger partial charge in [0.15, 0.2) is 0 Å². The zero-order chi connectivity index (χ0) is 22.8. The summed E-state index contributed by atoms with van der Waals surface area (Å²) < 4.78 is 26.8. The molecule has 1 heterocycles. The Kier molecular flexibility index (Phi) is 6.44. The maximum atomic E-state index is 12.4. The van der Waals surface area contributed by atoms with Crippen molar-refractivity contribution < 1.29 is 18.0 Å². The number of aromatic nitrogens is 2. The summed E-state index contributed by atoms with van der Waals surface area (Å²) in [6, 6.07) is 11.3. The molecule has 0 unspecified atom stereocenters. The number of carbonyl (C=O) groups is 2. The third-order valence-corrected chi connectivity index (χ3v) is 6.15. The Balaban J connectivity index is 1.75. The number of hydrogen-bond donors (Lipinski definition) is 2. The van der Waals surface area contributed by atoms with Crippen LogP contribution in [-0.2, 0) is 14.8 Å².